The number of carbonyl (C=O) groups is 1. The Kier molecular flexibility index (Phi) is 6.73. The van der Waals surface area contributed by atoms with Crippen LogP contribution < -0.4 is 10.6 Å². The van der Waals surface area contributed by atoms with Gasteiger partial charge in [0.05, 0.1) is 25.7 Å². The Labute approximate surface area is 181 Å². The van der Waals surface area contributed by atoms with Crippen molar-refractivity contribution >= 4 is 28.7 Å². The third-order valence-electron chi connectivity index (χ3n) is 5.32. The number of fused-ring (bicyclic) bond motifs is 1. The molecular weight excluding hydrogens is 394 g/mol. The summed E-state index contributed by atoms with van der Waals surface area (Å²) in [4.78, 5) is 28.0. The molecule has 0 spiro atoms. The number of morpholine rings is 1. The molecule has 0 atom stereocenters. The van der Waals surface area contributed by atoms with Crippen LogP contribution in [0.1, 0.15) is 36.7 Å². The summed E-state index contributed by atoms with van der Waals surface area (Å²) in [5.74, 6) is 0.433. The number of anilines is 2. The standard InChI is InChI=1S/C22H29N7O2/c1-16(2)29-15-25-19-14-24-22(27-20(19)29)26-18-6-4-17(5-7-18)21(30)23-8-3-9-28-10-12-31-13-11-28/h4-7,14-16H,3,8-13H2,1-2H3,(H,23,30)(H,24,26,27). The lowest BCUT2D eigenvalue weighted by atomic mass is 10.2. The van der Waals surface area contributed by atoms with Gasteiger partial charge < -0.3 is 19.9 Å². The predicted octanol–water partition coefficient (Wildman–Crippen LogP) is 2.60. The number of hydrogen-bond acceptors (Lipinski definition) is 7. The Hall–Kier alpha value is -3.04. The van der Waals surface area contributed by atoms with Crippen molar-refractivity contribution in [2.24, 2.45) is 0 Å². The van der Waals surface area contributed by atoms with Gasteiger partial charge >= 0.3 is 0 Å². The van der Waals surface area contributed by atoms with Crippen LogP contribution in [0, 0.1) is 0 Å². The normalized spacial score (nSPS) is 14.8. The summed E-state index contributed by atoms with van der Waals surface area (Å²) >= 11 is 0. The van der Waals surface area contributed by atoms with E-state index in [4.69, 9.17) is 4.74 Å². The molecule has 164 valence electrons. The molecular formula is C22H29N7O2. The summed E-state index contributed by atoms with van der Waals surface area (Å²) in [6, 6.07) is 7.58. The highest BCUT2D eigenvalue weighted by Crippen LogP contribution is 2.19. The smallest absolute Gasteiger partial charge is 0.251 e. The van der Waals surface area contributed by atoms with Crippen molar-refractivity contribution in [3.8, 4) is 0 Å². The van der Waals surface area contributed by atoms with Crippen molar-refractivity contribution in [3.05, 3.63) is 42.4 Å². The predicted molar refractivity (Wildman–Crippen MR) is 120 cm³/mol. The van der Waals surface area contributed by atoms with Gasteiger partial charge in [-0.2, -0.15) is 4.98 Å². The fraction of sp³-hybridized carbons (Fsp3) is 0.455. The molecule has 3 heterocycles. The highest BCUT2D eigenvalue weighted by molar-refractivity contribution is 5.94. The summed E-state index contributed by atoms with van der Waals surface area (Å²) in [7, 11) is 0. The van der Waals surface area contributed by atoms with Gasteiger partial charge in [-0.3, -0.25) is 9.69 Å². The molecule has 2 N–H and O–H groups in total. The van der Waals surface area contributed by atoms with E-state index in [1.165, 1.54) is 0 Å². The summed E-state index contributed by atoms with van der Waals surface area (Å²) in [5.41, 5.74) is 3.01. The molecule has 9 heteroatoms. The molecule has 1 aliphatic heterocycles. The molecule has 2 aromatic heterocycles. The van der Waals surface area contributed by atoms with Crippen LogP contribution in [-0.2, 0) is 4.74 Å². The van der Waals surface area contributed by atoms with E-state index in [1.54, 1.807) is 24.7 Å². The maximum absolute atomic E-state index is 12.4. The number of imidazole rings is 1. The maximum Gasteiger partial charge on any atom is 0.251 e. The minimum absolute atomic E-state index is 0.0629. The van der Waals surface area contributed by atoms with Crippen LogP contribution in [0.15, 0.2) is 36.8 Å². The maximum atomic E-state index is 12.4. The highest BCUT2D eigenvalue weighted by Gasteiger charge is 2.11. The molecule has 0 radical (unpaired) electrons. The number of aromatic nitrogens is 4. The second-order valence-corrected chi connectivity index (χ2v) is 7.91. The van der Waals surface area contributed by atoms with Gasteiger partial charge in [0.25, 0.3) is 5.91 Å². The molecule has 9 nitrogen and oxygen atoms in total. The van der Waals surface area contributed by atoms with Crippen LogP contribution in [-0.4, -0.2) is 69.7 Å². The fourth-order valence-electron chi connectivity index (χ4n) is 3.53. The highest BCUT2D eigenvalue weighted by atomic mass is 16.5. The van der Waals surface area contributed by atoms with Gasteiger partial charge in [-0.15, -0.1) is 0 Å². The first-order valence-electron chi connectivity index (χ1n) is 10.7. The second-order valence-electron chi connectivity index (χ2n) is 7.91. The first kappa shape index (κ1) is 21.2. The van der Waals surface area contributed by atoms with E-state index in [0.717, 1.165) is 56.1 Å². The zero-order chi connectivity index (χ0) is 21.6. The fourth-order valence-corrected chi connectivity index (χ4v) is 3.53. The monoisotopic (exact) mass is 423 g/mol. The lowest BCUT2D eigenvalue weighted by Crippen LogP contribution is -2.38. The van der Waals surface area contributed by atoms with E-state index >= 15 is 0 Å². The molecule has 0 aliphatic carbocycles. The van der Waals surface area contributed by atoms with Crippen LogP contribution in [0.25, 0.3) is 11.2 Å². The van der Waals surface area contributed by atoms with E-state index in [0.29, 0.717) is 18.1 Å². The number of benzene rings is 1. The zero-order valence-electron chi connectivity index (χ0n) is 18.0. The summed E-state index contributed by atoms with van der Waals surface area (Å²) < 4.78 is 7.36. The Bertz CT molecular complexity index is 1010. The van der Waals surface area contributed by atoms with Crippen LogP contribution in [0.2, 0.25) is 0 Å². The Morgan fingerprint density at radius 2 is 1.94 bits per heavy atom. The number of ether oxygens (including phenoxy) is 1. The van der Waals surface area contributed by atoms with Crippen LogP contribution >= 0.6 is 0 Å². The Morgan fingerprint density at radius 3 is 2.68 bits per heavy atom. The molecule has 1 aliphatic rings. The molecule has 1 aromatic carbocycles. The van der Waals surface area contributed by atoms with Crippen molar-refractivity contribution in [3.63, 3.8) is 0 Å². The first-order valence-corrected chi connectivity index (χ1v) is 10.7. The van der Waals surface area contributed by atoms with Gasteiger partial charge in [0.2, 0.25) is 5.95 Å². The molecule has 0 unspecified atom stereocenters. The topological polar surface area (TPSA) is 97.2 Å². The van der Waals surface area contributed by atoms with Crippen molar-refractivity contribution in [1.29, 1.82) is 0 Å². The number of rotatable bonds is 8. The summed E-state index contributed by atoms with van der Waals surface area (Å²) in [6.45, 7) is 9.35. The number of amides is 1. The minimum atomic E-state index is -0.0629. The largest absolute Gasteiger partial charge is 0.379 e. The lowest BCUT2D eigenvalue weighted by Gasteiger charge is -2.26. The molecule has 1 amide bonds. The quantitative estimate of drug-likeness (QED) is 0.538. The number of hydrogen-bond donors (Lipinski definition) is 2. The third kappa shape index (κ3) is 5.36. The van der Waals surface area contributed by atoms with Gasteiger partial charge in [0, 0.05) is 36.9 Å². The van der Waals surface area contributed by atoms with Gasteiger partial charge in [-0.1, -0.05) is 0 Å². The minimum Gasteiger partial charge on any atom is -0.379 e. The molecule has 31 heavy (non-hydrogen) atoms. The second kappa shape index (κ2) is 9.84. The van der Waals surface area contributed by atoms with Crippen molar-refractivity contribution in [2.45, 2.75) is 26.3 Å². The van der Waals surface area contributed by atoms with Crippen molar-refractivity contribution in [1.82, 2.24) is 29.7 Å². The summed E-state index contributed by atoms with van der Waals surface area (Å²) in [5, 5.41) is 6.19. The average Bonchev–Trinajstić information content (AvgIpc) is 3.21. The number of carbonyl (C=O) groups excluding carboxylic acids is 1. The molecule has 0 bridgehead atoms. The molecule has 3 aromatic rings. The van der Waals surface area contributed by atoms with Crippen LogP contribution in [0.5, 0.6) is 0 Å². The molecule has 4 rings (SSSR count). The SMILES string of the molecule is CC(C)n1cnc2cnc(Nc3ccc(C(=O)NCCCN4CCOCC4)cc3)nc21. The number of nitrogens with zero attached hydrogens (tertiary/aromatic N) is 5. The Morgan fingerprint density at radius 1 is 1.16 bits per heavy atom. The van der Waals surface area contributed by atoms with E-state index in [9.17, 15) is 4.79 Å². The van der Waals surface area contributed by atoms with Crippen molar-refractivity contribution in [2.75, 3.05) is 44.7 Å². The third-order valence-corrected chi connectivity index (χ3v) is 5.32. The average molecular weight is 424 g/mol. The van der Waals surface area contributed by atoms with E-state index in [2.05, 4.69) is 44.3 Å². The zero-order valence-corrected chi connectivity index (χ0v) is 18.0. The Balaban J connectivity index is 1.30. The molecule has 1 saturated heterocycles. The lowest BCUT2D eigenvalue weighted by molar-refractivity contribution is 0.0374. The van der Waals surface area contributed by atoms with E-state index in [-0.39, 0.29) is 11.9 Å². The molecule has 0 saturated carbocycles. The number of nitrogens with one attached hydrogen (secondary N) is 2. The molecule has 1 fully saturated rings. The van der Waals surface area contributed by atoms with Crippen LogP contribution in [0.4, 0.5) is 11.6 Å². The van der Waals surface area contributed by atoms with Crippen molar-refractivity contribution < 1.29 is 9.53 Å². The van der Waals surface area contributed by atoms with Gasteiger partial charge in [0.15, 0.2) is 5.65 Å². The van der Waals surface area contributed by atoms with Gasteiger partial charge in [0.1, 0.15) is 5.52 Å². The van der Waals surface area contributed by atoms with Gasteiger partial charge in [-0.25, -0.2) is 9.97 Å². The van der Waals surface area contributed by atoms with Crippen LogP contribution in [0.3, 0.4) is 0 Å². The van der Waals surface area contributed by atoms with Gasteiger partial charge in [-0.05, 0) is 51.1 Å². The summed E-state index contributed by atoms with van der Waals surface area (Å²) in [6.07, 6.45) is 4.42. The first-order chi connectivity index (χ1) is 15.1. The van der Waals surface area contributed by atoms with E-state index < -0.39 is 0 Å². The van der Waals surface area contributed by atoms with E-state index in [1.807, 2.05) is 16.7 Å².